The van der Waals surface area contributed by atoms with E-state index in [0.717, 1.165) is 18.9 Å². The molecule has 2 aliphatic rings. The van der Waals surface area contributed by atoms with Crippen LogP contribution in [0.3, 0.4) is 0 Å². The number of furan rings is 1. The van der Waals surface area contributed by atoms with E-state index in [1.54, 1.807) is 18.4 Å². The highest BCUT2D eigenvalue weighted by molar-refractivity contribution is 5.91. The summed E-state index contributed by atoms with van der Waals surface area (Å²) in [5.41, 5.74) is 0. The van der Waals surface area contributed by atoms with E-state index in [4.69, 9.17) is 4.42 Å². The zero-order valence-corrected chi connectivity index (χ0v) is 10.1. The maximum atomic E-state index is 12.3. The van der Waals surface area contributed by atoms with Gasteiger partial charge in [-0.2, -0.15) is 0 Å². The van der Waals surface area contributed by atoms with E-state index >= 15 is 0 Å². The molecular formula is C14H19NO2. The van der Waals surface area contributed by atoms with Gasteiger partial charge in [0.1, 0.15) is 0 Å². The summed E-state index contributed by atoms with van der Waals surface area (Å²) in [4.78, 5) is 14.4. The fourth-order valence-electron chi connectivity index (χ4n) is 3.42. The summed E-state index contributed by atoms with van der Waals surface area (Å²) in [6.07, 6.45) is 9.17. The van der Waals surface area contributed by atoms with Gasteiger partial charge in [-0.15, -0.1) is 0 Å². The van der Waals surface area contributed by atoms with Crippen molar-refractivity contribution in [2.24, 2.45) is 5.92 Å². The van der Waals surface area contributed by atoms with Gasteiger partial charge >= 0.3 is 0 Å². The first-order valence-corrected chi connectivity index (χ1v) is 6.71. The molecule has 3 heteroatoms. The zero-order chi connectivity index (χ0) is 11.7. The van der Waals surface area contributed by atoms with Gasteiger partial charge in [-0.1, -0.05) is 12.8 Å². The lowest BCUT2D eigenvalue weighted by atomic mass is 9.96. The van der Waals surface area contributed by atoms with Crippen LogP contribution in [0.15, 0.2) is 22.8 Å². The molecule has 1 aliphatic carbocycles. The van der Waals surface area contributed by atoms with Gasteiger partial charge < -0.3 is 9.32 Å². The quantitative estimate of drug-likeness (QED) is 0.786. The molecule has 3 nitrogen and oxygen atoms in total. The van der Waals surface area contributed by atoms with Gasteiger partial charge in [0.25, 0.3) is 5.91 Å². The largest absolute Gasteiger partial charge is 0.459 e. The Morgan fingerprint density at radius 3 is 2.76 bits per heavy atom. The van der Waals surface area contributed by atoms with Gasteiger partial charge in [0.05, 0.1) is 6.26 Å². The minimum absolute atomic E-state index is 0.0874. The number of nitrogens with zero attached hydrogens (tertiary/aromatic N) is 1. The highest BCUT2D eigenvalue weighted by Crippen LogP contribution is 2.35. The summed E-state index contributed by atoms with van der Waals surface area (Å²) in [5, 5.41) is 0. The lowest BCUT2D eigenvalue weighted by Crippen LogP contribution is -2.39. The zero-order valence-electron chi connectivity index (χ0n) is 10.1. The van der Waals surface area contributed by atoms with Crippen LogP contribution in [-0.4, -0.2) is 23.4 Å². The predicted octanol–water partition coefficient (Wildman–Crippen LogP) is 3.07. The van der Waals surface area contributed by atoms with Crippen molar-refractivity contribution in [3.8, 4) is 0 Å². The van der Waals surface area contributed by atoms with Crippen LogP contribution >= 0.6 is 0 Å². The fourth-order valence-corrected chi connectivity index (χ4v) is 3.42. The molecule has 1 saturated heterocycles. The first-order chi connectivity index (χ1) is 8.36. The number of rotatable bonds is 2. The summed E-state index contributed by atoms with van der Waals surface area (Å²) in [7, 11) is 0. The number of likely N-dealkylation sites (tertiary alicyclic amines) is 1. The van der Waals surface area contributed by atoms with Crippen LogP contribution in [0.5, 0.6) is 0 Å². The first-order valence-electron chi connectivity index (χ1n) is 6.71. The van der Waals surface area contributed by atoms with E-state index in [1.165, 1.54) is 32.1 Å². The SMILES string of the molecule is O=C(c1ccco1)N1CCCC1C1CCCC1. The standard InChI is InChI=1S/C14H19NO2/c16-14(13-8-4-10-17-13)15-9-3-7-12(15)11-5-1-2-6-11/h4,8,10-12H,1-3,5-7,9H2. The van der Waals surface area contributed by atoms with Gasteiger partial charge in [0, 0.05) is 12.6 Å². The molecule has 0 bridgehead atoms. The third-order valence-corrected chi connectivity index (χ3v) is 4.24. The highest BCUT2D eigenvalue weighted by atomic mass is 16.3. The second-order valence-corrected chi connectivity index (χ2v) is 5.23. The Morgan fingerprint density at radius 2 is 2.06 bits per heavy atom. The Bertz CT molecular complexity index is 379. The van der Waals surface area contributed by atoms with Crippen molar-refractivity contribution in [2.45, 2.75) is 44.6 Å². The Hall–Kier alpha value is -1.25. The molecule has 2 heterocycles. The van der Waals surface area contributed by atoms with Crippen LogP contribution in [-0.2, 0) is 0 Å². The molecular weight excluding hydrogens is 214 g/mol. The van der Waals surface area contributed by atoms with Crippen molar-refractivity contribution >= 4 is 5.91 Å². The monoisotopic (exact) mass is 233 g/mol. The van der Waals surface area contributed by atoms with Crippen molar-refractivity contribution in [3.05, 3.63) is 24.2 Å². The van der Waals surface area contributed by atoms with Crippen molar-refractivity contribution in [2.75, 3.05) is 6.54 Å². The maximum Gasteiger partial charge on any atom is 0.289 e. The molecule has 3 rings (SSSR count). The van der Waals surface area contributed by atoms with Crippen molar-refractivity contribution in [1.29, 1.82) is 0 Å². The molecule has 92 valence electrons. The smallest absolute Gasteiger partial charge is 0.289 e. The molecule has 1 unspecified atom stereocenters. The van der Waals surface area contributed by atoms with Crippen LogP contribution in [0, 0.1) is 5.92 Å². The second kappa shape index (κ2) is 4.55. The van der Waals surface area contributed by atoms with E-state index in [9.17, 15) is 4.79 Å². The first kappa shape index (κ1) is 10.9. The molecule has 1 amide bonds. The van der Waals surface area contributed by atoms with E-state index < -0.39 is 0 Å². The Balaban J connectivity index is 1.75. The molecule has 1 atom stereocenters. The van der Waals surface area contributed by atoms with Crippen LogP contribution < -0.4 is 0 Å². The number of hydrogen-bond acceptors (Lipinski definition) is 2. The Labute approximate surface area is 102 Å². The van der Waals surface area contributed by atoms with Crippen LogP contribution in [0.1, 0.15) is 49.1 Å². The number of carbonyl (C=O) groups excluding carboxylic acids is 1. The Kier molecular flexibility index (Phi) is 2.91. The molecule has 0 radical (unpaired) electrons. The predicted molar refractivity (Wildman–Crippen MR) is 64.7 cm³/mol. The number of hydrogen-bond donors (Lipinski definition) is 0. The van der Waals surface area contributed by atoms with Gasteiger partial charge in [0.2, 0.25) is 0 Å². The van der Waals surface area contributed by atoms with E-state index in [-0.39, 0.29) is 5.91 Å². The number of carbonyl (C=O) groups is 1. The van der Waals surface area contributed by atoms with Crippen LogP contribution in [0.2, 0.25) is 0 Å². The minimum atomic E-state index is 0.0874. The molecule has 2 fully saturated rings. The third kappa shape index (κ3) is 1.99. The highest BCUT2D eigenvalue weighted by Gasteiger charge is 2.36. The lowest BCUT2D eigenvalue weighted by molar-refractivity contribution is 0.0657. The summed E-state index contributed by atoms with van der Waals surface area (Å²) in [5.74, 6) is 1.32. The Morgan fingerprint density at radius 1 is 1.24 bits per heavy atom. The van der Waals surface area contributed by atoms with E-state index in [1.807, 2.05) is 0 Å². The lowest BCUT2D eigenvalue weighted by Gasteiger charge is -2.28. The second-order valence-electron chi connectivity index (χ2n) is 5.23. The average molecular weight is 233 g/mol. The number of amides is 1. The molecule has 0 aromatic carbocycles. The molecule has 0 spiro atoms. The summed E-state index contributed by atoms with van der Waals surface area (Å²) in [6, 6.07) is 4.02. The minimum Gasteiger partial charge on any atom is -0.459 e. The third-order valence-electron chi connectivity index (χ3n) is 4.24. The summed E-state index contributed by atoms with van der Waals surface area (Å²) in [6.45, 7) is 0.903. The van der Waals surface area contributed by atoms with Gasteiger partial charge in [-0.05, 0) is 43.7 Å². The average Bonchev–Trinajstić information content (AvgIpc) is 3.09. The normalized spacial score (nSPS) is 25.6. The molecule has 1 aromatic rings. The topological polar surface area (TPSA) is 33.5 Å². The van der Waals surface area contributed by atoms with E-state index in [0.29, 0.717) is 11.8 Å². The van der Waals surface area contributed by atoms with E-state index in [2.05, 4.69) is 4.90 Å². The molecule has 0 N–H and O–H groups in total. The van der Waals surface area contributed by atoms with Crippen LogP contribution in [0.25, 0.3) is 0 Å². The molecule has 17 heavy (non-hydrogen) atoms. The van der Waals surface area contributed by atoms with Crippen molar-refractivity contribution in [1.82, 2.24) is 4.90 Å². The van der Waals surface area contributed by atoms with Gasteiger partial charge in [-0.3, -0.25) is 4.79 Å². The molecule has 1 saturated carbocycles. The fraction of sp³-hybridized carbons (Fsp3) is 0.643. The summed E-state index contributed by atoms with van der Waals surface area (Å²) >= 11 is 0. The van der Waals surface area contributed by atoms with Crippen LogP contribution in [0.4, 0.5) is 0 Å². The van der Waals surface area contributed by atoms with Gasteiger partial charge in [-0.25, -0.2) is 0 Å². The van der Waals surface area contributed by atoms with Gasteiger partial charge in [0.15, 0.2) is 5.76 Å². The molecule has 1 aliphatic heterocycles. The summed E-state index contributed by atoms with van der Waals surface area (Å²) < 4.78 is 5.23. The molecule has 1 aromatic heterocycles. The maximum absolute atomic E-state index is 12.3. The van der Waals surface area contributed by atoms with Crippen molar-refractivity contribution in [3.63, 3.8) is 0 Å². The van der Waals surface area contributed by atoms with Crippen molar-refractivity contribution < 1.29 is 9.21 Å².